The molecule has 2 rings (SSSR count). The van der Waals surface area contributed by atoms with Crippen LogP contribution in [0.1, 0.15) is 12.8 Å². The summed E-state index contributed by atoms with van der Waals surface area (Å²) in [5.41, 5.74) is 0.627. The van der Waals surface area contributed by atoms with E-state index in [4.69, 9.17) is 4.74 Å². The maximum atomic E-state index is 13.1. The molecule has 0 unspecified atom stereocenters. The van der Waals surface area contributed by atoms with E-state index in [2.05, 4.69) is 10.0 Å². The molecule has 0 saturated heterocycles. The van der Waals surface area contributed by atoms with E-state index in [0.29, 0.717) is 25.1 Å². The number of hydrogen-bond donors (Lipinski definition) is 2. The van der Waals surface area contributed by atoms with Gasteiger partial charge in [-0.25, -0.2) is 12.8 Å². The van der Waals surface area contributed by atoms with E-state index in [1.54, 1.807) is 7.11 Å². The number of ether oxygens (including phenoxy) is 1. The highest BCUT2D eigenvalue weighted by molar-refractivity contribution is 7.92. The molecule has 0 aliphatic heterocycles. The molecule has 0 saturated carbocycles. The van der Waals surface area contributed by atoms with Crippen molar-refractivity contribution in [2.24, 2.45) is 0 Å². The van der Waals surface area contributed by atoms with Crippen LogP contribution < -0.4 is 10.0 Å². The van der Waals surface area contributed by atoms with Gasteiger partial charge < -0.3 is 10.1 Å². The molecule has 134 valence electrons. The average molecular weight is 366 g/mol. The fraction of sp³-hybridized carbons (Fsp3) is 0.235. The molecule has 25 heavy (non-hydrogen) atoms. The van der Waals surface area contributed by atoms with Crippen LogP contribution in [0.3, 0.4) is 0 Å². The van der Waals surface area contributed by atoms with Crippen molar-refractivity contribution in [1.82, 2.24) is 0 Å². The van der Waals surface area contributed by atoms with Gasteiger partial charge in [-0.1, -0.05) is 6.07 Å². The second-order valence-corrected chi connectivity index (χ2v) is 6.97. The lowest BCUT2D eigenvalue weighted by Crippen LogP contribution is -2.14. The zero-order valence-electron chi connectivity index (χ0n) is 13.7. The molecule has 2 aromatic rings. The number of sulfonamides is 1. The fourth-order valence-electron chi connectivity index (χ4n) is 2.08. The van der Waals surface area contributed by atoms with Crippen LogP contribution in [0, 0.1) is 5.82 Å². The minimum atomic E-state index is -3.84. The van der Waals surface area contributed by atoms with Gasteiger partial charge in [0, 0.05) is 25.8 Å². The maximum Gasteiger partial charge on any atom is 0.261 e. The Bertz CT molecular complexity index is 823. The third kappa shape index (κ3) is 5.84. The summed E-state index contributed by atoms with van der Waals surface area (Å²) in [7, 11) is -2.27. The van der Waals surface area contributed by atoms with E-state index in [1.807, 2.05) is 0 Å². The number of carbonyl (C=O) groups excluding carboxylic acids is 1. The van der Waals surface area contributed by atoms with Gasteiger partial charge in [-0.15, -0.1) is 0 Å². The lowest BCUT2D eigenvalue weighted by molar-refractivity contribution is -0.116. The third-order valence-corrected chi connectivity index (χ3v) is 4.67. The SMILES string of the molecule is COCCCC(=O)Nc1ccc(S(=O)(=O)Nc2cccc(F)c2)cc1. The van der Waals surface area contributed by atoms with Crippen LogP contribution in [-0.4, -0.2) is 28.0 Å². The minimum Gasteiger partial charge on any atom is -0.385 e. The van der Waals surface area contributed by atoms with E-state index in [-0.39, 0.29) is 16.5 Å². The van der Waals surface area contributed by atoms with E-state index in [9.17, 15) is 17.6 Å². The minimum absolute atomic E-state index is 0.00847. The van der Waals surface area contributed by atoms with Crippen LogP contribution in [0.4, 0.5) is 15.8 Å². The molecule has 0 aliphatic carbocycles. The second kappa shape index (κ2) is 8.59. The quantitative estimate of drug-likeness (QED) is 0.704. The van der Waals surface area contributed by atoms with Gasteiger partial charge in [0.2, 0.25) is 5.91 Å². The number of amides is 1. The van der Waals surface area contributed by atoms with Crippen LogP contribution in [0.5, 0.6) is 0 Å². The Labute approximate surface area is 146 Å². The normalized spacial score (nSPS) is 11.1. The molecule has 0 radical (unpaired) electrons. The van der Waals surface area contributed by atoms with Gasteiger partial charge in [-0.2, -0.15) is 0 Å². The van der Waals surface area contributed by atoms with Crippen LogP contribution in [0.25, 0.3) is 0 Å². The Morgan fingerprint density at radius 1 is 1.12 bits per heavy atom. The van der Waals surface area contributed by atoms with Gasteiger partial charge in [0.05, 0.1) is 10.6 Å². The molecule has 0 atom stereocenters. The number of halogens is 1. The molecule has 0 bridgehead atoms. The summed E-state index contributed by atoms with van der Waals surface area (Å²) in [6.07, 6.45) is 0.918. The number of anilines is 2. The Hall–Kier alpha value is -2.45. The standard InChI is InChI=1S/C17H19FN2O4S/c1-24-11-3-6-17(21)19-14-7-9-16(10-8-14)25(22,23)20-15-5-2-4-13(18)12-15/h2,4-5,7-10,12,20H,3,6,11H2,1H3,(H,19,21). The monoisotopic (exact) mass is 366 g/mol. The average Bonchev–Trinajstić information content (AvgIpc) is 2.55. The molecular formula is C17H19FN2O4S. The number of nitrogens with one attached hydrogen (secondary N) is 2. The van der Waals surface area contributed by atoms with Crippen molar-refractivity contribution in [3.05, 3.63) is 54.3 Å². The first-order valence-electron chi connectivity index (χ1n) is 7.58. The summed E-state index contributed by atoms with van der Waals surface area (Å²) in [4.78, 5) is 11.7. The van der Waals surface area contributed by atoms with Crippen LogP contribution in [-0.2, 0) is 19.6 Å². The van der Waals surface area contributed by atoms with Gasteiger partial charge in [0.1, 0.15) is 5.82 Å². The maximum absolute atomic E-state index is 13.1. The Morgan fingerprint density at radius 3 is 2.48 bits per heavy atom. The van der Waals surface area contributed by atoms with Gasteiger partial charge >= 0.3 is 0 Å². The molecule has 0 fully saturated rings. The summed E-state index contributed by atoms with van der Waals surface area (Å²) < 4.78 is 44.9. The summed E-state index contributed by atoms with van der Waals surface area (Å²) in [6.45, 7) is 0.496. The van der Waals surface area contributed by atoms with Gasteiger partial charge in [-0.3, -0.25) is 9.52 Å². The summed E-state index contributed by atoms with van der Waals surface area (Å²) in [5, 5.41) is 2.68. The molecule has 1 amide bonds. The van der Waals surface area contributed by atoms with Crippen LogP contribution >= 0.6 is 0 Å². The highest BCUT2D eigenvalue weighted by Gasteiger charge is 2.14. The largest absolute Gasteiger partial charge is 0.385 e. The summed E-state index contributed by atoms with van der Waals surface area (Å²) in [6, 6.07) is 10.9. The van der Waals surface area contributed by atoms with E-state index < -0.39 is 15.8 Å². The molecule has 2 aromatic carbocycles. The first-order chi connectivity index (χ1) is 11.9. The first-order valence-corrected chi connectivity index (χ1v) is 9.06. The van der Waals surface area contributed by atoms with Crippen molar-refractivity contribution in [2.75, 3.05) is 23.8 Å². The van der Waals surface area contributed by atoms with Crippen LogP contribution in [0.15, 0.2) is 53.4 Å². The van der Waals surface area contributed by atoms with Crippen molar-refractivity contribution >= 4 is 27.3 Å². The van der Waals surface area contributed by atoms with E-state index >= 15 is 0 Å². The Balaban J connectivity index is 2.02. The lowest BCUT2D eigenvalue weighted by atomic mass is 10.2. The van der Waals surface area contributed by atoms with Gasteiger partial charge in [-0.05, 0) is 48.9 Å². The Morgan fingerprint density at radius 2 is 1.84 bits per heavy atom. The zero-order chi connectivity index (χ0) is 18.3. The highest BCUT2D eigenvalue weighted by atomic mass is 32.2. The number of rotatable bonds is 8. The van der Waals surface area contributed by atoms with E-state index in [0.717, 1.165) is 6.07 Å². The lowest BCUT2D eigenvalue weighted by Gasteiger charge is -2.09. The molecule has 8 heteroatoms. The fourth-order valence-corrected chi connectivity index (χ4v) is 3.13. The van der Waals surface area contributed by atoms with Gasteiger partial charge in [0.25, 0.3) is 10.0 Å². The number of benzene rings is 2. The predicted octanol–water partition coefficient (Wildman–Crippen LogP) is 2.99. The summed E-state index contributed by atoms with van der Waals surface area (Å²) >= 11 is 0. The smallest absolute Gasteiger partial charge is 0.261 e. The van der Waals surface area contributed by atoms with Crippen LogP contribution in [0.2, 0.25) is 0 Å². The molecule has 0 heterocycles. The van der Waals surface area contributed by atoms with Gasteiger partial charge in [0.15, 0.2) is 0 Å². The van der Waals surface area contributed by atoms with Crippen molar-refractivity contribution < 1.29 is 22.3 Å². The first kappa shape index (κ1) is 18.9. The Kier molecular flexibility index (Phi) is 6.49. The van der Waals surface area contributed by atoms with Crippen molar-refractivity contribution in [1.29, 1.82) is 0 Å². The predicted molar refractivity (Wildman–Crippen MR) is 93.4 cm³/mol. The molecular weight excluding hydrogens is 347 g/mol. The number of methoxy groups -OCH3 is 1. The topological polar surface area (TPSA) is 84.5 Å². The molecule has 0 aliphatic rings. The number of hydrogen-bond acceptors (Lipinski definition) is 4. The van der Waals surface area contributed by atoms with Crippen molar-refractivity contribution in [3.63, 3.8) is 0 Å². The second-order valence-electron chi connectivity index (χ2n) is 5.28. The van der Waals surface area contributed by atoms with Crippen molar-refractivity contribution in [3.8, 4) is 0 Å². The number of carbonyl (C=O) groups is 1. The molecule has 0 spiro atoms. The highest BCUT2D eigenvalue weighted by Crippen LogP contribution is 2.19. The van der Waals surface area contributed by atoms with Crippen molar-refractivity contribution in [2.45, 2.75) is 17.7 Å². The third-order valence-electron chi connectivity index (χ3n) is 3.28. The molecule has 0 aromatic heterocycles. The zero-order valence-corrected chi connectivity index (χ0v) is 14.5. The summed E-state index contributed by atoms with van der Waals surface area (Å²) in [5.74, 6) is -0.711. The van der Waals surface area contributed by atoms with E-state index in [1.165, 1.54) is 42.5 Å². The molecule has 6 nitrogen and oxygen atoms in total. The molecule has 2 N–H and O–H groups in total.